The summed E-state index contributed by atoms with van der Waals surface area (Å²) in [6, 6.07) is 8.17. The van der Waals surface area contributed by atoms with Crippen LogP contribution in [0.3, 0.4) is 0 Å². The molecule has 1 N–H and O–H groups in total. The number of rotatable bonds is 1. The van der Waals surface area contributed by atoms with Gasteiger partial charge in [0.05, 0.1) is 11.4 Å². The highest BCUT2D eigenvalue weighted by molar-refractivity contribution is 7.09. The molecule has 4 nitrogen and oxygen atoms in total. The number of thiazole rings is 1. The molecule has 0 radical (unpaired) electrons. The Hall–Kier alpha value is -2.53. The molecule has 0 fully saturated rings. The Morgan fingerprint density at radius 1 is 1.15 bits per heavy atom. The average Bonchev–Trinajstić information content (AvgIpc) is 3.13. The number of aromatic nitrogens is 2. The minimum Gasteiger partial charge on any atom is -0.358 e. The van der Waals surface area contributed by atoms with Crippen LogP contribution in [0.1, 0.15) is 43.2 Å². The number of fused-ring (bicyclic) bond motifs is 3. The quantitative estimate of drug-likeness (QED) is 0.670. The van der Waals surface area contributed by atoms with Crippen LogP contribution >= 0.6 is 11.3 Å². The number of benzene rings is 1. The third kappa shape index (κ3) is 2.31. The van der Waals surface area contributed by atoms with Crippen LogP contribution in [-0.4, -0.2) is 15.8 Å². The zero-order chi connectivity index (χ0) is 17.9. The van der Waals surface area contributed by atoms with Crippen LogP contribution in [0.5, 0.6) is 0 Å². The molecule has 1 aliphatic heterocycles. The van der Waals surface area contributed by atoms with Gasteiger partial charge in [0.2, 0.25) is 0 Å². The molecule has 1 unspecified atom stereocenters. The van der Waals surface area contributed by atoms with Crippen LogP contribution in [0.4, 0.5) is 5.69 Å². The van der Waals surface area contributed by atoms with Crippen LogP contribution in [0.15, 0.2) is 53.3 Å². The van der Waals surface area contributed by atoms with Crippen molar-refractivity contribution in [3.63, 3.8) is 0 Å². The second kappa shape index (κ2) is 5.48. The summed E-state index contributed by atoms with van der Waals surface area (Å²) < 4.78 is 0. The lowest BCUT2D eigenvalue weighted by molar-refractivity contribution is -0.118. The number of pyridine rings is 1. The van der Waals surface area contributed by atoms with Crippen molar-refractivity contribution in [3.05, 3.63) is 63.9 Å². The van der Waals surface area contributed by atoms with E-state index in [0.717, 1.165) is 44.9 Å². The molecular weight excluding hydrogens is 342 g/mol. The second-order valence-corrected chi connectivity index (χ2v) is 8.78. The first kappa shape index (κ1) is 15.7. The van der Waals surface area contributed by atoms with E-state index in [0.29, 0.717) is 6.42 Å². The van der Waals surface area contributed by atoms with Gasteiger partial charge in [-0.1, -0.05) is 19.9 Å². The molecule has 2 aliphatic rings. The van der Waals surface area contributed by atoms with Gasteiger partial charge in [-0.2, -0.15) is 0 Å². The second-order valence-electron chi connectivity index (χ2n) is 7.86. The number of ketones is 1. The number of allylic oxidation sites excluding steroid dienone is 2. The van der Waals surface area contributed by atoms with E-state index < -0.39 is 0 Å². The van der Waals surface area contributed by atoms with E-state index in [-0.39, 0.29) is 17.1 Å². The molecule has 1 atom stereocenters. The molecule has 1 aromatic carbocycles. The van der Waals surface area contributed by atoms with Crippen molar-refractivity contribution in [2.75, 3.05) is 5.32 Å². The molecule has 0 spiro atoms. The number of hydrogen-bond donors (Lipinski definition) is 1. The minimum absolute atomic E-state index is 0.0216. The summed E-state index contributed by atoms with van der Waals surface area (Å²) in [6.07, 6.45) is 5.08. The van der Waals surface area contributed by atoms with Crippen molar-refractivity contribution in [2.45, 2.75) is 32.6 Å². The molecule has 5 rings (SSSR count). The van der Waals surface area contributed by atoms with Crippen LogP contribution in [0, 0.1) is 5.41 Å². The summed E-state index contributed by atoms with van der Waals surface area (Å²) in [5, 5.41) is 7.62. The first-order valence-corrected chi connectivity index (χ1v) is 9.72. The highest BCUT2D eigenvalue weighted by Crippen LogP contribution is 2.50. The topological polar surface area (TPSA) is 54.9 Å². The van der Waals surface area contributed by atoms with Crippen molar-refractivity contribution in [2.24, 2.45) is 5.41 Å². The molecule has 1 aliphatic carbocycles. The van der Waals surface area contributed by atoms with Crippen molar-refractivity contribution in [1.82, 2.24) is 9.97 Å². The predicted molar refractivity (Wildman–Crippen MR) is 104 cm³/mol. The number of carbonyl (C=O) groups excluding carboxylic acids is 1. The van der Waals surface area contributed by atoms with E-state index in [9.17, 15) is 4.79 Å². The third-order valence-electron chi connectivity index (χ3n) is 5.31. The molecule has 3 heterocycles. The summed E-state index contributed by atoms with van der Waals surface area (Å²) in [5.74, 6) is 0.119. The number of carbonyl (C=O) groups is 1. The maximum atomic E-state index is 13.2. The van der Waals surface area contributed by atoms with E-state index in [2.05, 4.69) is 41.3 Å². The molecule has 0 bridgehead atoms. The lowest BCUT2D eigenvalue weighted by atomic mass is 9.70. The Balaban J connectivity index is 1.82. The molecule has 0 saturated heterocycles. The number of nitrogens with one attached hydrogen (secondary N) is 1. The predicted octanol–water partition coefficient (Wildman–Crippen LogP) is 4.89. The molecular formula is C21H19N3OS. The minimum atomic E-state index is -0.113. The number of Topliss-reactive ketones (excluding diaryl/α,β-unsaturated/α-hetero) is 1. The van der Waals surface area contributed by atoms with Crippen molar-refractivity contribution < 1.29 is 4.79 Å². The van der Waals surface area contributed by atoms with Gasteiger partial charge in [0, 0.05) is 46.5 Å². The summed E-state index contributed by atoms with van der Waals surface area (Å²) in [6.45, 7) is 4.32. The number of nitrogens with zero attached hydrogens (tertiary/aromatic N) is 2. The van der Waals surface area contributed by atoms with Gasteiger partial charge in [-0.25, -0.2) is 4.98 Å². The van der Waals surface area contributed by atoms with Gasteiger partial charge >= 0.3 is 0 Å². The van der Waals surface area contributed by atoms with Gasteiger partial charge in [0.15, 0.2) is 5.78 Å². The highest BCUT2D eigenvalue weighted by Gasteiger charge is 2.42. The van der Waals surface area contributed by atoms with Crippen molar-refractivity contribution in [1.29, 1.82) is 0 Å². The summed E-state index contributed by atoms with van der Waals surface area (Å²) in [4.78, 5) is 22.3. The summed E-state index contributed by atoms with van der Waals surface area (Å²) in [7, 11) is 0. The van der Waals surface area contributed by atoms with Crippen LogP contribution in [-0.2, 0) is 4.79 Å². The average molecular weight is 361 g/mol. The van der Waals surface area contributed by atoms with Gasteiger partial charge in [-0.15, -0.1) is 11.3 Å². The Bertz CT molecular complexity index is 1070. The Kier molecular flexibility index (Phi) is 3.31. The van der Waals surface area contributed by atoms with Gasteiger partial charge in [-0.3, -0.25) is 9.78 Å². The zero-order valence-corrected chi connectivity index (χ0v) is 15.6. The van der Waals surface area contributed by atoms with E-state index in [4.69, 9.17) is 0 Å². The van der Waals surface area contributed by atoms with Crippen molar-refractivity contribution >= 4 is 33.7 Å². The summed E-state index contributed by atoms with van der Waals surface area (Å²) in [5.41, 5.74) is 5.06. The smallest absolute Gasteiger partial charge is 0.162 e. The molecule has 5 heteroatoms. The first-order chi connectivity index (χ1) is 12.5. The van der Waals surface area contributed by atoms with E-state index in [1.54, 1.807) is 11.3 Å². The Morgan fingerprint density at radius 3 is 2.85 bits per heavy atom. The maximum Gasteiger partial charge on any atom is 0.162 e. The highest BCUT2D eigenvalue weighted by atomic mass is 32.1. The third-order valence-corrected chi connectivity index (χ3v) is 6.15. The monoisotopic (exact) mass is 361 g/mol. The van der Waals surface area contributed by atoms with Gasteiger partial charge in [0.1, 0.15) is 5.01 Å². The normalized spacial score (nSPS) is 21.3. The number of anilines is 1. The fraction of sp³-hybridized carbons (Fsp3) is 0.286. The Labute approximate surface area is 156 Å². The maximum absolute atomic E-state index is 13.2. The molecule has 0 saturated carbocycles. The fourth-order valence-electron chi connectivity index (χ4n) is 4.31. The van der Waals surface area contributed by atoms with Crippen LogP contribution in [0.25, 0.3) is 10.9 Å². The standard InChI is InChI=1S/C21H19N3OS/c1-21(2)10-15-18(16(25)11-21)19(20-23-8-9-26-20)17-12-4-3-7-22-13(12)5-6-14(17)24-15/h3-9,19,24H,10-11H2,1-2H3. The molecule has 0 amide bonds. The van der Waals surface area contributed by atoms with E-state index in [1.165, 1.54) is 0 Å². The van der Waals surface area contributed by atoms with Crippen LogP contribution < -0.4 is 5.32 Å². The number of hydrogen-bond acceptors (Lipinski definition) is 5. The lowest BCUT2D eigenvalue weighted by Gasteiger charge is -2.39. The Morgan fingerprint density at radius 2 is 2.04 bits per heavy atom. The van der Waals surface area contributed by atoms with Gasteiger partial charge in [-0.05, 0) is 35.6 Å². The van der Waals surface area contributed by atoms with Crippen molar-refractivity contribution in [3.8, 4) is 0 Å². The van der Waals surface area contributed by atoms with Gasteiger partial charge in [0.25, 0.3) is 0 Å². The molecule has 130 valence electrons. The molecule has 2 aromatic heterocycles. The SMILES string of the molecule is CC1(C)CC(=O)C2=C(C1)Nc1ccc3ncccc3c1C2c1nccs1. The molecule has 26 heavy (non-hydrogen) atoms. The lowest BCUT2D eigenvalue weighted by Crippen LogP contribution is -2.33. The summed E-state index contributed by atoms with van der Waals surface area (Å²) >= 11 is 1.61. The van der Waals surface area contributed by atoms with Gasteiger partial charge < -0.3 is 5.32 Å². The van der Waals surface area contributed by atoms with E-state index >= 15 is 0 Å². The zero-order valence-electron chi connectivity index (χ0n) is 14.7. The van der Waals surface area contributed by atoms with E-state index in [1.807, 2.05) is 29.9 Å². The largest absolute Gasteiger partial charge is 0.358 e. The molecule has 3 aromatic rings. The van der Waals surface area contributed by atoms with Crippen LogP contribution in [0.2, 0.25) is 0 Å². The first-order valence-electron chi connectivity index (χ1n) is 8.84. The fourth-order valence-corrected chi connectivity index (χ4v) is 5.06.